The minimum absolute atomic E-state index is 0.0801. The first kappa shape index (κ1) is 22.3. The van der Waals surface area contributed by atoms with Crippen LogP contribution in [0.1, 0.15) is 47.7 Å². The first-order valence-corrected chi connectivity index (χ1v) is 9.56. The van der Waals surface area contributed by atoms with Gasteiger partial charge in [-0.2, -0.15) is 0 Å². The predicted octanol–water partition coefficient (Wildman–Crippen LogP) is 4.23. The molecule has 0 spiro atoms. The monoisotopic (exact) mass is 400 g/mol. The summed E-state index contributed by atoms with van der Waals surface area (Å²) in [5.74, 6) is -4.40. The average Bonchev–Trinajstić information content (AvgIpc) is 2.69. The molecule has 0 aliphatic heterocycles. The van der Waals surface area contributed by atoms with Crippen LogP contribution in [0.2, 0.25) is 0 Å². The van der Waals surface area contributed by atoms with Crippen molar-refractivity contribution >= 4 is 17.7 Å². The highest BCUT2D eigenvalue weighted by atomic mass is 19.1. The summed E-state index contributed by atoms with van der Waals surface area (Å²) in [6, 6.07) is 12.4. The molecule has 2 aromatic carbocycles. The summed E-state index contributed by atoms with van der Waals surface area (Å²) < 4.78 is 23.6. The molecule has 2 rings (SSSR count). The van der Waals surface area contributed by atoms with E-state index < -0.39 is 29.6 Å². The van der Waals surface area contributed by atoms with E-state index in [4.69, 9.17) is 9.47 Å². The smallest absolute Gasteiger partial charge is 0.320 e. The van der Waals surface area contributed by atoms with Gasteiger partial charge in [0.25, 0.3) is 0 Å². The molecule has 0 radical (unpaired) electrons. The van der Waals surface area contributed by atoms with Crippen molar-refractivity contribution in [3.05, 3.63) is 71.0 Å². The molecule has 0 aliphatic rings. The lowest BCUT2D eigenvalue weighted by Crippen LogP contribution is -2.34. The van der Waals surface area contributed by atoms with Crippen molar-refractivity contribution in [2.45, 2.75) is 33.1 Å². The van der Waals surface area contributed by atoms with E-state index >= 15 is 0 Å². The Bertz CT molecular complexity index is 825. The second-order valence-electron chi connectivity index (χ2n) is 6.63. The average molecular weight is 400 g/mol. The standard InChI is InChI=1S/C23H25FO5/c1-4-28-22(26)21(23(27)29-5-2)19(16-10-12-18(24)13-11-16)14-20(25)17-8-6-15(3)7-9-17/h6-13,19,21H,4-5,14H2,1-3H3/t19-/m0/s1. The van der Waals surface area contributed by atoms with Crippen LogP contribution in [-0.4, -0.2) is 30.9 Å². The fourth-order valence-corrected chi connectivity index (χ4v) is 3.08. The molecule has 0 bridgehead atoms. The number of esters is 2. The topological polar surface area (TPSA) is 69.7 Å². The number of hydrogen-bond donors (Lipinski definition) is 0. The maximum Gasteiger partial charge on any atom is 0.320 e. The minimum Gasteiger partial charge on any atom is -0.465 e. The molecule has 29 heavy (non-hydrogen) atoms. The van der Waals surface area contributed by atoms with E-state index in [0.29, 0.717) is 11.1 Å². The highest BCUT2D eigenvalue weighted by molar-refractivity contribution is 6.00. The Kier molecular flexibility index (Phi) is 8.07. The number of aryl methyl sites for hydroxylation is 1. The number of rotatable bonds is 9. The van der Waals surface area contributed by atoms with E-state index in [1.54, 1.807) is 26.0 Å². The Hall–Kier alpha value is -3.02. The van der Waals surface area contributed by atoms with Crippen LogP contribution < -0.4 is 0 Å². The van der Waals surface area contributed by atoms with E-state index in [1.165, 1.54) is 24.3 Å². The summed E-state index contributed by atoms with van der Waals surface area (Å²) >= 11 is 0. The molecule has 0 heterocycles. The van der Waals surface area contributed by atoms with Gasteiger partial charge >= 0.3 is 11.9 Å². The molecule has 0 fully saturated rings. The molecule has 0 aliphatic carbocycles. The number of hydrogen-bond acceptors (Lipinski definition) is 5. The van der Waals surface area contributed by atoms with Crippen LogP contribution in [0.25, 0.3) is 0 Å². The molecule has 0 saturated carbocycles. The van der Waals surface area contributed by atoms with Crippen LogP contribution in [0.3, 0.4) is 0 Å². The number of carbonyl (C=O) groups is 3. The Morgan fingerprint density at radius 1 is 0.862 bits per heavy atom. The SMILES string of the molecule is CCOC(=O)C(C(=O)OCC)[C@@H](CC(=O)c1ccc(C)cc1)c1ccc(F)cc1. The molecule has 0 aromatic heterocycles. The summed E-state index contributed by atoms with van der Waals surface area (Å²) in [4.78, 5) is 38.1. The van der Waals surface area contributed by atoms with E-state index in [-0.39, 0.29) is 25.4 Å². The van der Waals surface area contributed by atoms with Gasteiger partial charge in [-0.1, -0.05) is 42.0 Å². The second-order valence-corrected chi connectivity index (χ2v) is 6.63. The lowest BCUT2D eigenvalue weighted by atomic mass is 9.81. The summed E-state index contributed by atoms with van der Waals surface area (Å²) in [5.41, 5.74) is 1.96. The summed E-state index contributed by atoms with van der Waals surface area (Å²) in [7, 11) is 0. The van der Waals surface area contributed by atoms with E-state index in [9.17, 15) is 18.8 Å². The second kappa shape index (κ2) is 10.5. The molecule has 1 atom stereocenters. The summed E-state index contributed by atoms with van der Waals surface area (Å²) in [6.45, 7) is 5.33. The molecule has 2 aromatic rings. The van der Waals surface area contributed by atoms with E-state index in [0.717, 1.165) is 5.56 Å². The van der Waals surface area contributed by atoms with E-state index in [2.05, 4.69) is 0 Å². The Morgan fingerprint density at radius 2 is 1.38 bits per heavy atom. The highest BCUT2D eigenvalue weighted by Gasteiger charge is 2.39. The van der Waals surface area contributed by atoms with Crippen LogP contribution >= 0.6 is 0 Å². The largest absolute Gasteiger partial charge is 0.465 e. The van der Waals surface area contributed by atoms with Gasteiger partial charge in [0.05, 0.1) is 13.2 Å². The van der Waals surface area contributed by atoms with Crippen molar-refractivity contribution in [1.82, 2.24) is 0 Å². The number of halogens is 1. The number of ether oxygens (including phenoxy) is 2. The highest BCUT2D eigenvalue weighted by Crippen LogP contribution is 2.32. The van der Waals surface area contributed by atoms with Gasteiger partial charge in [0.2, 0.25) is 0 Å². The van der Waals surface area contributed by atoms with Crippen LogP contribution in [0.5, 0.6) is 0 Å². The third-order valence-electron chi connectivity index (χ3n) is 4.56. The third-order valence-corrected chi connectivity index (χ3v) is 4.56. The van der Waals surface area contributed by atoms with Crippen molar-refractivity contribution in [1.29, 1.82) is 0 Å². The van der Waals surface area contributed by atoms with Crippen LogP contribution in [0.4, 0.5) is 4.39 Å². The van der Waals surface area contributed by atoms with Crippen LogP contribution in [0.15, 0.2) is 48.5 Å². The van der Waals surface area contributed by atoms with Gasteiger partial charge in [0, 0.05) is 17.9 Å². The van der Waals surface area contributed by atoms with Gasteiger partial charge < -0.3 is 9.47 Å². The normalized spacial score (nSPS) is 11.8. The first-order valence-electron chi connectivity index (χ1n) is 9.56. The van der Waals surface area contributed by atoms with Crippen LogP contribution in [0, 0.1) is 18.7 Å². The maximum absolute atomic E-state index is 13.4. The Morgan fingerprint density at radius 3 is 1.86 bits per heavy atom. The molecule has 5 nitrogen and oxygen atoms in total. The van der Waals surface area contributed by atoms with Crippen molar-refractivity contribution in [3.63, 3.8) is 0 Å². The zero-order valence-corrected chi connectivity index (χ0v) is 16.8. The number of benzene rings is 2. The van der Waals surface area contributed by atoms with Crippen LogP contribution in [-0.2, 0) is 19.1 Å². The summed E-state index contributed by atoms with van der Waals surface area (Å²) in [6.07, 6.45) is -0.128. The van der Waals surface area contributed by atoms with Gasteiger partial charge in [0.1, 0.15) is 5.82 Å². The van der Waals surface area contributed by atoms with Gasteiger partial charge in [-0.15, -0.1) is 0 Å². The van der Waals surface area contributed by atoms with Gasteiger partial charge in [-0.3, -0.25) is 14.4 Å². The Balaban J connectivity index is 2.44. The van der Waals surface area contributed by atoms with Crippen molar-refractivity contribution in [3.8, 4) is 0 Å². The molecule has 0 amide bonds. The number of Topliss-reactive ketones (excluding diaryl/α,β-unsaturated/α-hetero) is 1. The predicted molar refractivity (Wildman–Crippen MR) is 106 cm³/mol. The molecule has 0 unspecified atom stereocenters. The number of ketones is 1. The summed E-state index contributed by atoms with van der Waals surface area (Å²) in [5, 5.41) is 0. The molecule has 0 saturated heterocycles. The molecular formula is C23H25FO5. The lowest BCUT2D eigenvalue weighted by molar-refractivity contribution is -0.162. The molecule has 6 heteroatoms. The van der Waals surface area contributed by atoms with Gasteiger partial charge in [-0.25, -0.2) is 4.39 Å². The minimum atomic E-state index is -1.32. The first-order chi connectivity index (χ1) is 13.9. The molecule has 154 valence electrons. The Labute approximate surface area is 169 Å². The van der Waals surface area contributed by atoms with Crippen molar-refractivity contribution < 1.29 is 28.2 Å². The quantitative estimate of drug-likeness (QED) is 0.358. The van der Waals surface area contributed by atoms with Gasteiger partial charge in [0.15, 0.2) is 11.7 Å². The molecular weight excluding hydrogens is 375 g/mol. The third kappa shape index (κ3) is 5.98. The molecule has 0 N–H and O–H groups in total. The number of carbonyl (C=O) groups excluding carboxylic acids is 3. The zero-order chi connectivity index (χ0) is 21.4. The fourth-order valence-electron chi connectivity index (χ4n) is 3.08. The fraction of sp³-hybridized carbons (Fsp3) is 0.348. The zero-order valence-electron chi connectivity index (χ0n) is 16.8. The lowest BCUT2D eigenvalue weighted by Gasteiger charge is -2.24. The van der Waals surface area contributed by atoms with Crippen molar-refractivity contribution in [2.24, 2.45) is 5.92 Å². The van der Waals surface area contributed by atoms with Crippen molar-refractivity contribution in [2.75, 3.05) is 13.2 Å². The van der Waals surface area contributed by atoms with E-state index in [1.807, 2.05) is 19.1 Å². The maximum atomic E-state index is 13.4. The van der Waals surface area contributed by atoms with Gasteiger partial charge in [-0.05, 0) is 38.5 Å².